The van der Waals surface area contributed by atoms with Crippen LogP contribution in [0.25, 0.3) is 11.0 Å². The van der Waals surface area contributed by atoms with E-state index in [1.165, 1.54) is 20.1 Å². The summed E-state index contributed by atoms with van der Waals surface area (Å²) in [5.74, 6) is -3.37. The van der Waals surface area contributed by atoms with E-state index in [4.69, 9.17) is 32.8 Å². The summed E-state index contributed by atoms with van der Waals surface area (Å²) in [7, 11) is 5.18. The van der Waals surface area contributed by atoms with Gasteiger partial charge in [0.25, 0.3) is 0 Å². The molecule has 0 aliphatic carbocycles. The summed E-state index contributed by atoms with van der Waals surface area (Å²) in [5.41, 5.74) is -4.65. The number of fused-ring (bicyclic) bond motifs is 1. The topological polar surface area (TPSA) is 231 Å². The molecule has 3 saturated heterocycles. The highest BCUT2D eigenvalue weighted by Crippen LogP contribution is 2.40. The summed E-state index contributed by atoms with van der Waals surface area (Å²) in [6.07, 6.45) is -10.5. The number of carbonyl (C=O) groups is 1. The van der Waals surface area contributed by atoms with Gasteiger partial charge in [0.1, 0.15) is 29.5 Å². The molecule has 63 heavy (non-hydrogen) atoms. The maximum absolute atomic E-state index is 14.4. The molecule has 358 valence electrons. The summed E-state index contributed by atoms with van der Waals surface area (Å²) in [5, 5.41) is 71.1. The van der Waals surface area contributed by atoms with Gasteiger partial charge in [-0.15, -0.1) is 0 Å². The summed E-state index contributed by atoms with van der Waals surface area (Å²) in [6, 6.07) is 7.21. The van der Waals surface area contributed by atoms with Gasteiger partial charge in [-0.3, -0.25) is 9.69 Å². The molecule has 1 aromatic carbocycles. The standard InChI is InChI=1S/C46H74N2O15/c1-24-19-44(7,55)41(63-43-37(51)32(47(10)11)17-25(2)58-43)26(3)38(62-36-20-45(8,57-12)40(53)29(6)59-36)27(4)42(54)61-34(23-49)46(9,56)39(52)28(5)48(21-24)22-30-18-35(50)60-33-16-14-13-15-31(30)33/h13-16,18,24-29,32,34,36-41,43,49,51-53,55-56H,17,19-23H2,1-12H3/t24-,25-,26+,27-,28-,29+,32+,34-,36?,37-,38+,39-,40+,41-,43?,44-,45-,46-/m1/s1. The SMILES string of the molecule is CO[C@]1(C)CC(O[C@H]2[C@H](C)[C@@H](OC3O[C@H](C)C[C@H](N(C)C)[C@H]3O)[C@](C)(O)C[C@@H](C)CN(Cc3cc(=O)oc4ccccc34)[C@H](C)[C@@H](O)[C@](C)(O)[C@@H](CO)OC(=O)[C@@H]2C)O[C@@H](C)[C@@H]1O. The third-order valence-corrected chi connectivity index (χ3v) is 13.9. The van der Waals surface area contributed by atoms with E-state index in [1.54, 1.807) is 53.7 Å². The Morgan fingerprint density at radius 1 is 0.921 bits per heavy atom. The van der Waals surface area contributed by atoms with Gasteiger partial charge in [0, 0.05) is 56.1 Å². The molecule has 5 rings (SSSR count). The van der Waals surface area contributed by atoms with Crippen LogP contribution >= 0.6 is 0 Å². The summed E-state index contributed by atoms with van der Waals surface area (Å²) < 4.78 is 43.1. The van der Waals surface area contributed by atoms with Crippen molar-refractivity contribution in [1.29, 1.82) is 0 Å². The maximum atomic E-state index is 14.4. The molecule has 17 heteroatoms. The number of para-hydroxylation sites is 1. The first-order valence-corrected chi connectivity index (χ1v) is 22.2. The van der Waals surface area contributed by atoms with Crippen molar-refractivity contribution in [1.82, 2.24) is 9.80 Å². The Labute approximate surface area is 371 Å². The Kier molecular flexibility index (Phi) is 16.7. The Morgan fingerprint density at radius 3 is 2.22 bits per heavy atom. The average Bonchev–Trinajstić information content (AvgIpc) is 3.21. The van der Waals surface area contributed by atoms with E-state index in [9.17, 15) is 40.2 Å². The number of esters is 1. The number of benzene rings is 1. The molecule has 6 N–H and O–H groups in total. The quantitative estimate of drug-likeness (QED) is 0.157. The number of carbonyl (C=O) groups excluding carboxylic acids is 1. The summed E-state index contributed by atoms with van der Waals surface area (Å²) >= 11 is 0. The van der Waals surface area contributed by atoms with Crippen molar-refractivity contribution < 1.29 is 68.3 Å². The molecule has 0 amide bonds. The Morgan fingerprint density at radius 2 is 1.59 bits per heavy atom. The van der Waals surface area contributed by atoms with Crippen LogP contribution in [-0.4, -0.2) is 171 Å². The van der Waals surface area contributed by atoms with Gasteiger partial charge >= 0.3 is 11.6 Å². The molecule has 18 atom stereocenters. The fourth-order valence-electron chi connectivity index (χ4n) is 10.1. The summed E-state index contributed by atoms with van der Waals surface area (Å²) in [4.78, 5) is 31.0. The van der Waals surface area contributed by atoms with Gasteiger partial charge in [-0.25, -0.2) is 4.79 Å². The molecule has 0 radical (unpaired) electrons. The predicted octanol–water partition coefficient (Wildman–Crippen LogP) is 2.16. The maximum Gasteiger partial charge on any atom is 0.336 e. The van der Waals surface area contributed by atoms with Crippen LogP contribution in [-0.2, 0) is 39.8 Å². The zero-order valence-electron chi connectivity index (χ0n) is 39.0. The molecule has 2 aromatic rings. The zero-order valence-corrected chi connectivity index (χ0v) is 39.0. The third kappa shape index (κ3) is 11.3. The van der Waals surface area contributed by atoms with Crippen LogP contribution < -0.4 is 5.63 Å². The van der Waals surface area contributed by atoms with Crippen LogP contribution in [0, 0.1) is 17.8 Å². The van der Waals surface area contributed by atoms with Gasteiger partial charge in [-0.2, -0.15) is 0 Å². The lowest BCUT2D eigenvalue weighted by Crippen LogP contribution is -2.61. The molecule has 1 aromatic heterocycles. The third-order valence-electron chi connectivity index (χ3n) is 13.9. The normalized spacial score (nSPS) is 43.0. The fourth-order valence-corrected chi connectivity index (χ4v) is 10.1. The Bertz CT molecular complexity index is 1880. The van der Waals surface area contributed by atoms with Crippen LogP contribution in [0.4, 0.5) is 0 Å². The largest absolute Gasteiger partial charge is 0.456 e. The molecule has 4 heterocycles. The minimum absolute atomic E-state index is 0.0535. The zero-order chi connectivity index (χ0) is 46.9. The lowest BCUT2D eigenvalue weighted by atomic mass is 9.77. The van der Waals surface area contributed by atoms with E-state index in [1.807, 2.05) is 49.9 Å². The number of methoxy groups -OCH3 is 1. The molecule has 17 nitrogen and oxygen atoms in total. The first-order chi connectivity index (χ1) is 29.3. The van der Waals surface area contributed by atoms with Gasteiger partial charge in [0.2, 0.25) is 0 Å². The van der Waals surface area contributed by atoms with Crippen molar-refractivity contribution in [2.24, 2.45) is 17.8 Å². The van der Waals surface area contributed by atoms with Gasteiger partial charge in [0.05, 0.1) is 48.1 Å². The van der Waals surface area contributed by atoms with Crippen molar-refractivity contribution >= 4 is 16.9 Å². The lowest BCUT2D eigenvalue weighted by molar-refractivity contribution is -0.318. The molecule has 3 fully saturated rings. The highest BCUT2D eigenvalue weighted by Gasteiger charge is 2.53. The van der Waals surface area contributed by atoms with Crippen LogP contribution in [0.2, 0.25) is 0 Å². The second kappa shape index (κ2) is 20.5. The molecular weight excluding hydrogens is 821 g/mol. The van der Waals surface area contributed by atoms with Crippen LogP contribution in [0.5, 0.6) is 0 Å². The Hall–Kier alpha value is -2.62. The molecule has 3 aliphatic rings. The Balaban J connectivity index is 1.63. The minimum Gasteiger partial charge on any atom is -0.456 e. The van der Waals surface area contributed by atoms with E-state index < -0.39 is 108 Å². The van der Waals surface area contributed by atoms with Gasteiger partial charge in [-0.1, -0.05) is 32.0 Å². The molecular formula is C46H74N2O15. The number of hydrogen-bond donors (Lipinski definition) is 6. The highest BCUT2D eigenvalue weighted by molar-refractivity contribution is 5.80. The van der Waals surface area contributed by atoms with Crippen molar-refractivity contribution in [3.05, 3.63) is 46.3 Å². The molecule has 0 bridgehead atoms. The number of likely N-dealkylation sites (N-methyl/N-ethyl adjacent to an activating group) is 1. The van der Waals surface area contributed by atoms with Crippen molar-refractivity contribution in [3.63, 3.8) is 0 Å². The van der Waals surface area contributed by atoms with Gasteiger partial charge in [-0.05, 0) is 93.0 Å². The van der Waals surface area contributed by atoms with E-state index in [-0.39, 0.29) is 44.0 Å². The highest BCUT2D eigenvalue weighted by atomic mass is 16.7. The summed E-state index contributed by atoms with van der Waals surface area (Å²) in [6.45, 7) is 14.5. The fraction of sp³-hybridized carbons (Fsp3) is 0.783. The number of ether oxygens (including phenoxy) is 6. The van der Waals surface area contributed by atoms with Crippen LogP contribution in [0.15, 0.2) is 39.5 Å². The van der Waals surface area contributed by atoms with E-state index >= 15 is 0 Å². The van der Waals surface area contributed by atoms with Crippen molar-refractivity contribution in [3.8, 4) is 0 Å². The van der Waals surface area contributed by atoms with E-state index in [0.29, 0.717) is 23.0 Å². The first-order valence-electron chi connectivity index (χ1n) is 22.2. The number of rotatable bonds is 9. The number of cyclic esters (lactones) is 1. The van der Waals surface area contributed by atoms with E-state index in [0.717, 1.165) is 0 Å². The second-order valence-corrected chi connectivity index (χ2v) is 19.5. The second-order valence-electron chi connectivity index (χ2n) is 19.5. The number of nitrogens with zero attached hydrogens (tertiary/aromatic N) is 2. The number of aliphatic hydroxyl groups is 6. The van der Waals surface area contributed by atoms with Crippen LogP contribution in [0.1, 0.15) is 87.1 Å². The lowest BCUT2D eigenvalue weighted by Gasteiger charge is -2.48. The number of aliphatic hydroxyl groups excluding tert-OH is 4. The number of hydrogen-bond acceptors (Lipinski definition) is 17. The van der Waals surface area contributed by atoms with Crippen molar-refractivity contribution in [2.45, 2.75) is 178 Å². The van der Waals surface area contributed by atoms with Crippen molar-refractivity contribution in [2.75, 3.05) is 34.4 Å². The molecule has 0 spiro atoms. The minimum atomic E-state index is -2.21. The molecule has 0 saturated carbocycles. The van der Waals surface area contributed by atoms with Crippen LogP contribution in [0.3, 0.4) is 0 Å². The smallest absolute Gasteiger partial charge is 0.336 e. The van der Waals surface area contributed by atoms with E-state index in [2.05, 4.69) is 0 Å². The van der Waals surface area contributed by atoms with Gasteiger partial charge < -0.3 is 68.4 Å². The monoisotopic (exact) mass is 895 g/mol. The first kappa shape index (κ1) is 51.4. The van der Waals surface area contributed by atoms with Gasteiger partial charge in [0.15, 0.2) is 18.7 Å². The molecule has 2 unspecified atom stereocenters. The predicted molar refractivity (Wildman–Crippen MR) is 231 cm³/mol. The average molecular weight is 895 g/mol. The molecule has 3 aliphatic heterocycles.